The summed E-state index contributed by atoms with van der Waals surface area (Å²) in [5.74, 6) is 1.05. The maximum absolute atomic E-state index is 11.9. The lowest BCUT2D eigenvalue weighted by molar-refractivity contribution is 0.218. The number of imidazole rings is 1. The number of anilines is 2. The van der Waals surface area contributed by atoms with Crippen molar-refractivity contribution in [2.75, 3.05) is 17.7 Å². The van der Waals surface area contributed by atoms with Crippen molar-refractivity contribution in [3.8, 4) is 22.4 Å². The fourth-order valence-corrected chi connectivity index (χ4v) is 5.07. The van der Waals surface area contributed by atoms with Crippen LogP contribution in [-0.2, 0) is 6.54 Å². The summed E-state index contributed by atoms with van der Waals surface area (Å²) >= 11 is 0. The van der Waals surface area contributed by atoms with Gasteiger partial charge in [-0.3, -0.25) is 9.38 Å². The van der Waals surface area contributed by atoms with Crippen molar-refractivity contribution in [2.45, 2.75) is 44.7 Å². The van der Waals surface area contributed by atoms with E-state index < -0.39 is 0 Å². The molecular weight excluding hydrogens is 424 g/mol. The Morgan fingerprint density at radius 1 is 1.00 bits per heavy atom. The van der Waals surface area contributed by atoms with Crippen LogP contribution in [0.4, 0.5) is 16.3 Å². The molecule has 2 aromatic heterocycles. The van der Waals surface area contributed by atoms with Crippen molar-refractivity contribution in [3.63, 3.8) is 0 Å². The number of fused-ring (bicyclic) bond motifs is 2. The second-order valence-corrected chi connectivity index (χ2v) is 9.33. The summed E-state index contributed by atoms with van der Waals surface area (Å²) in [6.45, 7) is 0.610. The number of carbonyl (C=O) groups is 1. The molecule has 34 heavy (non-hydrogen) atoms. The van der Waals surface area contributed by atoms with Crippen LogP contribution in [0.15, 0.2) is 61.1 Å². The van der Waals surface area contributed by atoms with E-state index >= 15 is 0 Å². The van der Waals surface area contributed by atoms with E-state index in [1.807, 2.05) is 31.7 Å². The number of hydrogen-bond donors (Lipinski definition) is 2. The average Bonchev–Trinajstić information content (AvgIpc) is 3.23. The maximum Gasteiger partial charge on any atom is 0.321 e. The van der Waals surface area contributed by atoms with E-state index in [0.29, 0.717) is 12.6 Å². The van der Waals surface area contributed by atoms with Crippen LogP contribution in [0, 0.1) is 0 Å². The number of carbonyl (C=O) groups excluding carboxylic acids is 1. The van der Waals surface area contributed by atoms with Crippen molar-refractivity contribution < 1.29 is 4.79 Å². The molecule has 0 saturated heterocycles. The van der Waals surface area contributed by atoms with Crippen LogP contribution in [0.1, 0.15) is 37.7 Å². The summed E-state index contributed by atoms with van der Waals surface area (Å²) in [6, 6.07) is 15.2. The van der Waals surface area contributed by atoms with E-state index in [1.165, 1.54) is 32.1 Å². The molecule has 0 spiro atoms. The van der Waals surface area contributed by atoms with Crippen molar-refractivity contribution in [1.82, 2.24) is 19.3 Å². The van der Waals surface area contributed by atoms with Crippen LogP contribution < -0.4 is 10.6 Å². The van der Waals surface area contributed by atoms with E-state index in [1.54, 1.807) is 4.90 Å². The lowest BCUT2D eigenvalue weighted by atomic mass is 9.95. The molecule has 2 N–H and O–H groups in total. The predicted molar refractivity (Wildman–Crippen MR) is 135 cm³/mol. The Morgan fingerprint density at radius 3 is 2.59 bits per heavy atom. The summed E-state index contributed by atoms with van der Waals surface area (Å²) in [6.07, 6.45) is 11.9. The van der Waals surface area contributed by atoms with Gasteiger partial charge in [-0.25, -0.2) is 9.78 Å². The zero-order valence-electron chi connectivity index (χ0n) is 19.3. The molecule has 0 unspecified atom stereocenters. The first-order valence-corrected chi connectivity index (χ1v) is 12.0. The number of nitrogens with one attached hydrogen (secondary N) is 2. The van der Waals surface area contributed by atoms with E-state index in [0.717, 1.165) is 45.1 Å². The molecule has 0 radical (unpaired) electrons. The Balaban J connectivity index is 1.33. The van der Waals surface area contributed by atoms with Gasteiger partial charge in [-0.1, -0.05) is 49.6 Å². The van der Waals surface area contributed by atoms with Crippen molar-refractivity contribution in [2.24, 2.45) is 0 Å². The Bertz CT molecular complexity index is 1350. The molecule has 1 fully saturated rings. The SMILES string of the molecule is CN1Cc2cc(-c3ccc(-c4nc5cnccn5c4NC4CCCCC4)cc3)ccc2NC1=O. The first kappa shape index (κ1) is 20.7. The Hall–Kier alpha value is -3.87. The van der Waals surface area contributed by atoms with Gasteiger partial charge < -0.3 is 15.5 Å². The smallest absolute Gasteiger partial charge is 0.321 e. The first-order valence-electron chi connectivity index (χ1n) is 12.0. The summed E-state index contributed by atoms with van der Waals surface area (Å²) in [7, 11) is 1.81. The molecular formula is C27H28N6O. The second kappa shape index (κ2) is 8.48. The fourth-order valence-electron chi connectivity index (χ4n) is 5.07. The summed E-state index contributed by atoms with van der Waals surface area (Å²) < 4.78 is 2.11. The maximum atomic E-state index is 11.9. The summed E-state index contributed by atoms with van der Waals surface area (Å²) in [4.78, 5) is 22.8. The van der Waals surface area contributed by atoms with Gasteiger partial charge >= 0.3 is 6.03 Å². The third-order valence-electron chi connectivity index (χ3n) is 6.97. The number of rotatable bonds is 4. The Morgan fingerprint density at radius 2 is 1.76 bits per heavy atom. The second-order valence-electron chi connectivity index (χ2n) is 9.33. The van der Waals surface area contributed by atoms with Crippen molar-refractivity contribution >= 4 is 23.2 Å². The number of hydrogen-bond acceptors (Lipinski definition) is 4. The highest BCUT2D eigenvalue weighted by Gasteiger charge is 2.21. The van der Waals surface area contributed by atoms with Gasteiger partial charge in [0.05, 0.1) is 6.20 Å². The van der Waals surface area contributed by atoms with Crippen molar-refractivity contribution in [3.05, 3.63) is 66.6 Å². The summed E-state index contributed by atoms with van der Waals surface area (Å²) in [5.41, 5.74) is 7.17. The number of benzene rings is 2. The molecule has 2 aromatic carbocycles. The standard InChI is InChI=1S/C27H28N6O/c1-32-17-21-15-20(11-12-23(21)30-27(32)34)18-7-9-19(10-8-18)25-26(29-22-5-3-2-4-6-22)33-14-13-28-16-24(33)31-25/h7-16,22,29H,2-6,17H2,1H3,(H,30,34). The quantitative estimate of drug-likeness (QED) is 0.411. The number of aromatic nitrogens is 3. The van der Waals surface area contributed by atoms with Crippen LogP contribution in [-0.4, -0.2) is 38.4 Å². The third kappa shape index (κ3) is 3.77. The Kier molecular flexibility index (Phi) is 5.17. The lowest BCUT2D eigenvalue weighted by Gasteiger charge is -2.26. The van der Waals surface area contributed by atoms with Gasteiger partial charge in [0.2, 0.25) is 0 Å². The molecule has 1 aliphatic heterocycles. The summed E-state index contributed by atoms with van der Waals surface area (Å²) in [5, 5.41) is 6.73. The van der Waals surface area contributed by atoms with Gasteiger partial charge in [-0.2, -0.15) is 0 Å². The van der Waals surface area contributed by atoms with Crippen LogP contribution in [0.2, 0.25) is 0 Å². The number of urea groups is 1. The highest BCUT2D eigenvalue weighted by atomic mass is 16.2. The topological polar surface area (TPSA) is 74.6 Å². The van der Waals surface area contributed by atoms with Gasteiger partial charge in [0.1, 0.15) is 11.5 Å². The first-order chi connectivity index (χ1) is 16.7. The zero-order chi connectivity index (χ0) is 23.1. The molecule has 0 atom stereocenters. The van der Waals surface area contributed by atoms with Gasteiger partial charge in [-0.05, 0) is 41.7 Å². The molecule has 3 heterocycles. The fraction of sp³-hybridized carbons (Fsp3) is 0.296. The molecule has 4 aromatic rings. The molecule has 7 heteroatoms. The van der Waals surface area contributed by atoms with E-state index in [9.17, 15) is 4.79 Å². The van der Waals surface area contributed by atoms with Crippen LogP contribution >= 0.6 is 0 Å². The van der Waals surface area contributed by atoms with Gasteiger partial charge in [0.25, 0.3) is 0 Å². The van der Waals surface area contributed by atoms with E-state index in [4.69, 9.17) is 4.98 Å². The molecule has 1 saturated carbocycles. The molecule has 2 amide bonds. The van der Waals surface area contributed by atoms with Gasteiger partial charge in [-0.15, -0.1) is 0 Å². The molecule has 7 nitrogen and oxygen atoms in total. The van der Waals surface area contributed by atoms with E-state index in [-0.39, 0.29) is 6.03 Å². The van der Waals surface area contributed by atoms with Gasteiger partial charge in [0.15, 0.2) is 5.65 Å². The lowest BCUT2D eigenvalue weighted by Crippen LogP contribution is -2.35. The van der Waals surface area contributed by atoms with Crippen molar-refractivity contribution in [1.29, 1.82) is 0 Å². The molecule has 172 valence electrons. The van der Waals surface area contributed by atoms with E-state index in [2.05, 4.69) is 56.4 Å². The minimum atomic E-state index is -0.0649. The minimum absolute atomic E-state index is 0.0649. The number of nitrogens with zero attached hydrogens (tertiary/aromatic N) is 4. The van der Waals surface area contributed by atoms with Crippen LogP contribution in [0.25, 0.3) is 28.0 Å². The molecule has 1 aliphatic carbocycles. The Labute approximate surface area is 198 Å². The molecule has 2 aliphatic rings. The largest absolute Gasteiger partial charge is 0.367 e. The monoisotopic (exact) mass is 452 g/mol. The normalized spacial score (nSPS) is 16.4. The highest BCUT2D eigenvalue weighted by molar-refractivity contribution is 5.92. The number of amides is 2. The molecule has 6 rings (SSSR count). The predicted octanol–water partition coefficient (Wildman–Crippen LogP) is 5.79. The highest BCUT2D eigenvalue weighted by Crippen LogP contribution is 2.34. The minimum Gasteiger partial charge on any atom is -0.367 e. The average molecular weight is 453 g/mol. The third-order valence-corrected chi connectivity index (χ3v) is 6.97. The van der Waals surface area contributed by atoms with Crippen LogP contribution in [0.5, 0.6) is 0 Å². The van der Waals surface area contributed by atoms with Gasteiger partial charge in [0, 0.05) is 43.3 Å². The van der Waals surface area contributed by atoms with Crippen LogP contribution in [0.3, 0.4) is 0 Å². The zero-order valence-corrected chi connectivity index (χ0v) is 19.3. The molecule has 0 bridgehead atoms.